The van der Waals surface area contributed by atoms with Crippen LogP contribution in [0.1, 0.15) is 12.7 Å². The summed E-state index contributed by atoms with van der Waals surface area (Å²) in [7, 11) is 0. The summed E-state index contributed by atoms with van der Waals surface area (Å²) in [6, 6.07) is 5.89. The molecule has 0 spiro atoms. The second-order valence-electron chi connectivity index (χ2n) is 4.10. The molecule has 7 nitrogen and oxygen atoms in total. The molecule has 2 heterocycles. The molecule has 0 fully saturated rings. The van der Waals surface area contributed by atoms with Crippen molar-refractivity contribution in [1.82, 2.24) is 19.7 Å². The monoisotopic (exact) mass is 258 g/mol. The maximum Gasteiger partial charge on any atom is 0.296 e. The fraction of sp³-hybridized carbons (Fsp3) is 0.250. The summed E-state index contributed by atoms with van der Waals surface area (Å²) in [5, 5.41) is 11.0. The van der Waals surface area contributed by atoms with Gasteiger partial charge in [0.2, 0.25) is 0 Å². The molecule has 3 N–H and O–H groups in total. The van der Waals surface area contributed by atoms with Gasteiger partial charge in [0.15, 0.2) is 11.4 Å². The molecule has 0 unspecified atom stereocenters. The molecular weight excluding hydrogens is 244 g/mol. The van der Waals surface area contributed by atoms with Crippen LogP contribution in [0.4, 0.5) is 11.7 Å². The Bertz CT molecular complexity index is 701. The molecule has 0 amide bonds. The summed E-state index contributed by atoms with van der Waals surface area (Å²) in [5.74, 6) is 0.831. The van der Waals surface area contributed by atoms with Crippen molar-refractivity contribution in [3.63, 3.8) is 0 Å². The van der Waals surface area contributed by atoms with E-state index >= 15 is 0 Å². The first-order chi connectivity index (χ1) is 9.28. The Hall–Kier alpha value is -2.57. The molecule has 1 aromatic carbocycles. The van der Waals surface area contributed by atoms with Crippen LogP contribution in [-0.2, 0) is 13.1 Å². The van der Waals surface area contributed by atoms with E-state index in [1.165, 1.54) is 0 Å². The lowest BCUT2D eigenvalue weighted by atomic mass is 10.3. The first-order valence-electron chi connectivity index (χ1n) is 6.03. The lowest BCUT2D eigenvalue weighted by Gasteiger charge is -2.02. The highest BCUT2D eigenvalue weighted by molar-refractivity contribution is 5.86. The highest BCUT2D eigenvalue weighted by Gasteiger charge is 2.09. The van der Waals surface area contributed by atoms with E-state index in [9.17, 15) is 0 Å². The van der Waals surface area contributed by atoms with Crippen molar-refractivity contribution in [2.75, 3.05) is 11.1 Å². The second kappa shape index (κ2) is 4.60. The number of oxazole rings is 1. The molecule has 0 bridgehead atoms. The van der Waals surface area contributed by atoms with Crippen LogP contribution in [0, 0.1) is 0 Å². The van der Waals surface area contributed by atoms with Gasteiger partial charge in [0.25, 0.3) is 6.01 Å². The largest absolute Gasteiger partial charge is 0.423 e. The zero-order valence-corrected chi connectivity index (χ0v) is 10.5. The van der Waals surface area contributed by atoms with E-state index in [2.05, 4.69) is 20.5 Å². The summed E-state index contributed by atoms with van der Waals surface area (Å²) >= 11 is 0. The van der Waals surface area contributed by atoms with Gasteiger partial charge in [-0.2, -0.15) is 4.98 Å². The molecule has 98 valence electrons. The standard InChI is InChI=1S/C12H14N6O/c1-2-18-7-15-17-10(18)6-14-12-16-11-8(13)4-3-5-9(11)19-12/h3-5,7H,2,6,13H2,1H3,(H,14,16). The summed E-state index contributed by atoms with van der Waals surface area (Å²) in [6.07, 6.45) is 1.70. The van der Waals surface area contributed by atoms with Crippen LogP contribution in [0.25, 0.3) is 11.1 Å². The van der Waals surface area contributed by atoms with Crippen molar-refractivity contribution in [3.05, 3.63) is 30.4 Å². The van der Waals surface area contributed by atoms with Gasteiger partial charge in [-0.1, -0.05) is 6.07 Å². The van der Waals surface area contributed by atoms with Crippen LogP contribution in [-0.4, -0.2) is 19.7 Å². The molecule has 3 rings (SSSR count). The average Bonchev–Trinajstić information content (AvgIpc) is 3.02. The first-order valence-corrected chi connectivity index (χ1v) is 6.03. The number of nitrogens with one attached hydrogen (secondary N) is 1. The number of aromatic nitrogens is 4. The van der Waals surface area contributed by atoms with Crippen molar-refractivity contribution in [1.29, 1.82) is 0 Å². The van der Waals surface area contributed by atoms with Crippen LogP contribution in [0.3, 0.4) is 0 Å². The van der Waals surface area contributed by atoms with Crippen LogP contribution >= 0.6 is 0 Å². The number of benzene rings is 1. The molecular formula is C12H14N6O. The van der Waals surface area contributed by atoms with Crippen molar-refractivity contribution in [2.45, 2.75) is 20.0 Å². The quantitative estimate of drug-likeness (QED) is 0.691. The normalized spacial score (nSPS) is 11.0. The third-order valence-electron chi connectivity index (χ3n) is 2.88. The van der Waals surface area contributed by atoms with E-state index in [0.29, 0.717) is 29.3 Å². The van der Waals surface area contributed by atoms with Gasteiger partial charge >= 0.3 is 0 Å². The predicted octanol–water partition coefficient (Wildman–Crippen LogP) is 1.63. The van der Waals surface area contributed by atoms with Gasteiger partial charge in [0.1, 0.15) is 11.8 Å². The molecule has 0 saturated heterocycles. The molecule has 0 saturated carbocycles. The maximum atomic E-state index is 5.83. The van der Waals surface area contributed by atoms with E-state index in [1.54, 1.807) is 12.4 Å². The van der Waals surface area contributed by atoms with Gasteiger partial charge in [0.05, 0.1) is 12.2 Å². The van der Waals surface area contributed by atoms with Gasteiger partial charge < -0.3 is 20.0 Å². The zero-order valence-electron chi connectivity index (χ0n) is 10.5. The van der Waals surface area contributed by atoms with E-state index in [-0.39, 0.29) is 0 Å². The van der Waals surface area contributed by atoms with E-state index < -0.39 is 0 Å². The highest BCUT2D eigenvalue weighted by atomic mass is 16.4. The smallest absolute Gasteiger partial charge is 0.296 e. The number of para-hydroxylation sites is 1. The lowest BCUT2D eigenvalue weighted by Crippen LogP contribution is -2.07. The van der Waals surface area contributed by atoms with Crippen molar-refractivity contribution in [3.8, 4) is 0 Å². The highest BCUT2D eigenvalue weighted by Crippen LogP contribution is 2.23. The molecule has 2 aromatic heterocycles. The number of fused-ring (bicyclic) bond motifs is 1. The van der Waals surface area contributed by atoms with E-state index in [4.69, 9.17) is 10.2 Å². The van der Waals surface area contributed by atoms with Crippen molar-refractivity contribution >= 4 is 22.8 Å². The minimum atomic E-state index is 0.429. The van der Waals surface area contributed by atoms with Gasteiger partial charge in [-0.05, 0) is 19.1 Å². The molecule has 0 aliphatic rings. The second-order valence-corrected chi connectivity index (χ2v) is 4.10. The molecule has 19 heavy (non-hydrogen) atoms. The van der Waals surface area contributed by atoms with E-state index in [1.807, 2.05) is 23.6 Å². The number of nitrogen functional groups attached to an aromatic ring is 1. The summed E-state index contributed by atoms with van der Waals surface area (Å²) in [5.41, 5.74) is 7.77. The molecule has 0 radical (unpaired) electrons. The van der Waals surface area contributed by atoms with E-state index in [0.717, 1.165) is 12.4 Å². The Morgan fingerprint density at radius 2 is 2.32 bits per heavy atom. The first kappa shape index (κ1) is 11.5. The minimum absolute atomic E-state index is 0.429. The number of hydrogen-bond donors (Lipinski definition) is 2. The van der Waals surface area contributed by atoms with Gasteiger partial charge in [-0.25, -0.2) is 0 Å². The number of rotatable bonds is 4. The van der Waals surface area contributed by atoms with Crippen LogP contribution in [0.5, 0.6) is 0 Å². The average molecular weight is 258 g/mol. The van der Waals surface area contributed by atoms with Gasteiger partial charge in [-0.15, -0.1) is 10.2 Å². The molecule has 3 aromatic rings. The summed E-state index contributed by atoms with van der Waals surface area (Å²) < 4.78 is 7.51. The van der Waals surface area contributed by atoms with Gasteiger partial charge in [0, 0.05) is 6.54 Å². The minimum Gasteiger partial charge on any atom is -0.423 e. The number of nitrogens with zero attached hydrogens (tertiary/aromatic N) is 4. The topological polar surface area (TPSA) is 94.8 Å². The Kier molecular flexibility index (Phi) is 2.79. The number of nitrogens with two attached hydrogens (primary N) is 1. The number of aryl methyl sites for hydroxylation is 1. The number of hydrogen-bond acceptors (Lipinski definition) is 6. The molecule has 0 atom stereocenters. The third kappa shape index (κ3) is 2.10. The summed E-state index contributed by atoms with van der Waals surface area (Å²) in [4.78, 5) is 4.31. The fourth-order valence-corrected chi connectivity index (χ4v) is 1.88. The van der Waals surface area contributed by atoms with Crippen LogP contribution in [0.15, 0.2) is 28.9 Å². The Morgan fingerprint density at radius 1 is 1.42 bits per heavy atom. The summed E-state index contributed by atoms with van der Waals surface area (Å²) in [6.45, 7) is 3.36. The molecule has 0 aliphatic heterocycles. The van der Waals surface area contributed by atoms with Gasteiger partial charge in [-0.3, -0.25) is 0 Å². The SMILES string of the molecule is CCn1cnnc1CNc1nc2c(N)cccc2o1. The Labute approximate surface area is 109 Å². The molecule has 7 heteroatoms. The van der Waals surface area contributed by atoms with Crippen LogP contribution in [0.2, 0.25) is 0 Å². The Morgan fingerprint density at radius 3 is 3.11 bits per heavy atom. The fourth-order valence-electron chi connectivity index (χ4n) is 1.88. The zero-order chi connectivity index (χ0) is 13.2. The lowest BCUT2D eigenvalue weighted by molar-refractivity contribution is 0.608. The molecule has 0 aliphatic carbocycles. The number of anilines is 2. The van der Waals surface area contributed by atoms with Crippen molar-refractivity contribution in [2.24, 2.45) is 0 Å². The Balaban J connectivity index is 1.80. The van der Waals surface area contributed by atoms with Crippen LogP contribution < -0.4 is 11.1 Å². The maximum absolute atomic E-state index is 5.83. The van der Waals surface area contributed by atoms with Crippen molar-refractivity contribution < 1.29 is 4.42 Å². The third-order valence-corrected chi connectivity index (χ3v) is 2.88. The predicted molar refractivity (Wildman–Crippen MR) is 71.4 cm³/mol.